The van der Waals surface area contributed by atoms with Gasteiger partial charge in [0.05, 0.1) is 23.6 Å². The minimum atomic E-state index is -0.411. The van der Waals surface area contributed by atoms with E-state index in [1.54, 1.807) is 0 Å². The summed E-state index contributed by atoms with van der Waals surface area (Å²) in [4.78, 5) is 28.5. The van der Waals surface area contributed by atoms with E-state index in [0.717, 1.165) is 16.9 Å². The molecule has 24 heavy (non-hydrogen) atoms. The Morgan fingerprint density at radius 3 is 2.67 bits per heavy atom. The predicted octanol–water partition coefficient (Wildman–Crippen LogP) is 2.67. The van der Waals surface area contributed by atoms with Crippen molar-refractivity contribution < 1.29 is 14.3 Å². The van der Waals surface area contributed by atoms with Gasteiger partial charge < -0.3 is 15.8 Å². The fourth-order valence-electron chi connectivity index (χ4n) is 3.90. The van der Waals surface area contributed by atoms with Gasteiger partial charge in [-0.15, -0.1) is 11.3 Å². The normalized spacial score (nSPS) is 26.9. The maximum absolute atomic E-state index is 12.6. The van der Waals surface area contributed by atoms with Crippen LogP contribution in [0.3, 0.4) is 0 Å². The second kappa shape index (κ2) is 5.04. The number of ether oxygens (including phenoxy) is 1. The van der Waals surface area contributed by atoms with Gasteiger partial charge in [-0.05, 0) is 31.4 Å². The molecule has 0 aliphatic heterocycles. The number of methoxy groups -OCH3 is 1. The van der Waals surface area contributed by atoms with E-state index in [1.165, 1.54) is 18.4 Å². The average molecular weight is 343 g/mol. The van der Waals surface area contributed by atoms with Crippen LogP contribution in [0.15, 0.2) is 29.6 Å². The molecule has 1 aromatic heterocycles. The van der Waals surface area contributed by atoms with Crippen LogP contribution in [0.5, 0.6) is 0 Å². The number of nitrogens with two attached hydrogens (primary N) is 1. The smallest absolute Gasteiger partial charge is 0.311 e. The molecule has 3 N–H and O–H groups in total. The molecular formula is C17H17N3O3S. The second-order valence-corrected chi connectivity index (χ2v) is 7.58. The molecule has 1 amide bonds. The number of thiazole rings is 1. The molecule has 1 aromatic carbocycles. The summed E-state index contributed by atoms with van der Waals surface area (Å²) < 4.78 is 4.82. The minimum absolute atomic E-state index is 0.0248. The number of nitrogens with one attached hydrogen (secondary N) is 1. The topological polar surface area (TPSA) is 94.3 Å². The number of amides is 1. The van der Waals surface area contributed by atoms with Gasteiger partial charge in [0, 0.05) is 16.6 Å². The number of esters is 1. The van der Waals surface area contributed by atoms with Crippen LogP contribution in [0.2, 0.25) is 0 Å². The number of anilines is 2. The SMILES string of the molecule is COC(=O)C12CC(C(=O)Nc3cccc(-c4csc(N)n4)c3)(C1)C2. The third kappa shape index (κ3) is 2.11. The van der Waals surface area contributed by atoms with Gasteiger partial charge in [-0.2, -0.15) is 0 Å². The summed E-state index contributed by atoms with van der Waals surface area (Å²) in [5, 5.41) is 5.37. The zero-order valence-electron chi connectivity index (χ0n) is 13.2. The maximum atomic E-state index is 12.6. The Bertz CT molecular complexity index is 825. The quantitative estimate of drug-likeness (QED) is 0.832. The van der Waals surface area contributed by atoms with Crippen molar-refractivity contribution >= 4 is 34.0 Å². The summed E-state index contributed by atoms with van der Waals surface area (Å²) in [6, 6.07) is 7.53. The molecule has 3 saturated carbocycles. The molecule has 0 spiro atoms. The standard InChI is InChI=1S/C17H17N3O3S/c1-23-14(22)17-7-16(8-17,9-17)13(21)19-11-4-2-3-10(5-11)12-6-24-15(18)20-12/h2-6H,7-9H2,1H3,(H2,18,20)(H,19,21). The van der Waals surface area contributed by atoms with Gasteiger partial charge in [-0.3, -0.25) is 9.59 Å². The van der Waals surface area contributed by atoms with Gasteiger partial charge >= 0.3 is 5.97 Å². The first-order valence-corrected chi connectivity index (χ1v) is 8.56. The zero-order chi connectivity index (χ0) is 16.9. The van der Waals surface area contributed by atoms with E-state index in [-0.39, 0.29) is 11.9 Å². The molecule has 3 aliphatic carbocycles. The highest BCUT2D eigenvalue weighted by molar-refractivity contribution is 7.13. The largest absolute Gasteiger partial charge is 0.469 e. The highest BCUT2D eigenvalue weighted by atomic mass is 32.1. The summed E-state index contributed by atoms with van der Waals surface area (Å²) >= 11 is 1.38. The Kier molecular flexibility index (Phi) is 3.18. The van der Waals surface area contributed by atoms with Gasteiger partial charge in [0.2, 0.25) is 5.91 Å². The zero-order valence-corrected chi connectivity index (χ0v) is 14.0. The average Bonchev–Trinajstić information content (AvgIpc) is 2.91. The summed E-state index contributed by atoms with van der Waals surface area (Å²) in [5.41, 5.74) is 7.28. The van der Waals surface area contributed by atoms with Crippen LogP contribution in [-0.2, 0) is 14.3 Å². The molecule has 2 aromatic rings. The second-order valence-electron chi connectivity index (χ2n) is 6.69. The molecule has 6 nitrogen and oxygen atoms in total. The van der Waals surface area contributed by atoms with E-state index >= 15 is 0 Å². The van der Waals surface area contributed by atoms with E-state index in [0.29, 0.717) is 24.4 Å². The van der Waals surface area contributed by atoms with Crippen molar-refractivity contribution in [3.63, 3.8) is 0 Å². The molecule has 0 saturated heterocycles. The monoisotopic (exact) mass is 343 g/mol. The molecule has 124 valence electrons. The number of carbonyl (C=O) groups is 2. The Morgan fingerprint density at radius 1 is 1.29 bits per heavy atom. The predicted molar refractivity (Wildman–Crippen MR) is 91.3 cm³/mol. The fourth-order valence-corrected chi connectivity index (χ4v) is 4.47. The van der Waals surface area contributed by atoms with E-state index < -0.39 is 10.8 Å². The molecule has 0 unspecified atom stereocenters. The highest BCUT2D eigenvalue weighted by Gasteiger charge is 2.75. The van der Waals surface area contributed by atoms with E-state index in [2.05, 4.69) is 10.3 Å². The molecule has 3 aliphatic rings. The van der Waals surface area contributed by atoms with Gasteiger partial charge in [0.25, 0.3) is 0 Å². The first kappa shape index (κ1) is 15.1. The highest BCUT2D eigenvalue weighted by Crippen LogP contribution is 2.73. The Morgan fingerprint density at radius 2 is 2.04 bits per heavy atom. The summed E-state index contributed by atoms with van der Waals surface area (Å²) in [6.07, 6.45) is 1.75. The van der Waals surface area contributed by atoms with Crippen molar-refractivity contribution in [3.8, 4) is 11.3 Å². The molecule has 5 rings (SSSR count). The fraction of sp³-hybridized carbons (Fsp3) is 0.353. The van der Waals surface area contributed by atoms with Crippen LogP contribution in [0, 0.1) is 10.8 Å². The third-order valence-corrected chi connectivity index (χ3v) is 5.74. The number of hydrogen-bond donors (Lipinski definition) is 2. The summed E-state index contributed by atoms with van der Waals surface area (Å²) in [5.74, 6) is -0.219. The lowest BCUT2D eigenvalue weighted by atomic mass is 9.35. The lowest BCUT2D eigenvalue weighted by Gasteiger charge is -2.66. The van der Waals surface area contributed by atoms with Crippen molar-refractivity contribution in [1.82, 2.24) is 4.98 Å². The molecule has 1 heterocycles. The first-order valence-electron chi connectivity index (χ1n) is 7.68. The van der Waals surface area contributed by atoms with Crippen LogP contribution in [0.4, 0.5) is 10.8 Å². The van der Waals surface area contributed by atoms with Crippen molar-refractivity contribution in [2.45, 2.75) is 19.3 Å². The molecule has 3 fully saturated rings. The number of nitrogen functional groups attached to an aromatic ring is 1. The van der Waals surface area contributed by atoms with Crippen molar-refractivity contribution in [2.75, 3.05) is 18.2 Å². The van der Waals surface area contributed by atoms with Crippen molar-refractivity contribution in [1.29, 1.82) is 0 Å². The van der Waals surface area contributed by atoms with Crippen LogP contribution < -0.4 is 11.1 Å². The minimum Gasteiger partial charge on any atom is -0.469 e. The molecule has 2 bridgehead atoms. The summed E-state index contributed by atoms with van der Waals surface area (Å²) in [6.45, 7) is 0. The van der Waals surface area contributed by atoms with E-state index in [1.807, 2.05) is 29.6 Å². The molecule has 7 heteroatoms. The third-order valence-electron chi connectivity index (χ3n) is 5.07. The Labute approximate surface area is 143 Å². The van der Waals surface area contributed by atoms with Crippen molar-refractivity contribution in [2.24, 2.45) is 10.8 Å². The number of carbonyl (C=O) groups excluding carboxylic acids is 2. The van der Waals surface area contributed by atoms with Crippen LogP contribution in [0.1, 0.15) is 19.3 Å². The molecular weight excluding hydrogens is 326 g/mol. The number of rotatable bonds is 4. The van der Waals surface area contributed by atoms with Crippen LogP contribution in [-0.4, -0.2) is 24.0 Å². The Hall–Kier alpha value is -2.41. The maximum Gasteiger partial charge on any atom is 0.311 e. The van der Waals surface area contributed by atoms with E-state index in [9.17, 15) is 9.59 Å². The number of benzene rings is 1. The lowest BCUT2D eigenvalue weighted by molar-refractivity contribution is -0.220. The summed E-state index contributed by atoms with van der Waals surface area (Å²) in [7, 11) is 1.40. The van der Waals surface area contributed by atoms with Gasteiger partial charge in [0.1, 0.15) is 0 Å². The molecule has 0 radical (unpaired) electrons. The lowest BCUT2D eigenvalue weighted by Crippen LogP contribution is -2.69. The number of aromatic nitrogens is 1. The van der Waals surface area contributed by atoms with Crippen LogP contribution >= 0.6 is 11.3 Å². The Balaban J connectivity index is 1.46. The van der Waals surface area contributed by atoms with Gasteiger partial charge in [-0.25, -0.2) is 4.98 Å². The van der Waals surface area contributed by atoms with Gasteiger partial charge in [0.15, 0.2) is 5.13 Å². The number of nitrogens with zero attached hydrogens (tertiary/aromatic N) is 1. The molecule has 0 atom stereocenters. The van der Waals surface area contributed by atoms with E-state index in [4.69, 9.17) is 10.5 Å². The van der Waals surface area contributed by atoms with Crippen LogP contribution in [0.25, 0.3) is 11.3 Å². The van der Waals surface area contributed by atoms with Crippen molar-refractivity contribution in [3.05, 3.63) is 29.6 Å². The number of hydrogen-bond acceptors (Lipinski definition) is 6. The first-order chi connectivity index (χ1) is 11.5. The van der Waals surface area contributed by atoms with Gasteiger partial charge in [-0.1, -0.05) is 12.1 Å².